The number of ether oxygens (including phenoxy) is 1. The summed E-state index contributed by atoms with van der Waals surface area (Å²) in [4.78, 5) is 25.6. The molecule has 0 bridgehead atoms. The molecule has 0 aliphatic rings. The molecule has 6 heteroatoms. The van der Waals surface area contributed by atoms with Gasteiger partial charge in [-0.2, -0.15) is 0 Å². The van der Waals surface area contributed by atoms with Crippen LogP contribution in [0.5, 0.6) is 5.75 Å². The number of nitrogens with one attached hydrogen (secondary N) is 1. The smallest absolute Gasteiger partial charge is 0.223 e. The molecule has 0 heterocycles. The highest BCUT2D eigenvalue weighted by Gasteiger charge is 2.14. The lowest BCUT2D eigenvalue weighted by atomic mass is 10.2. The molecule has 5 nitrogen and oxygen atoms in total. The highest BCUT2D eigenvalue weighted by atomic mass is 19.1. The van der Waals surface area contributed by atoms with E-state index in [0.29, 0.717) is 12.2 Å². The van der Waals surface area contributed by atoms with Crippen LogP contribution in [-0.2, 0) is 16.1 Å². The van der Waals surface area contributed by atoms with Gasteiger partial charge in [-0.15, -0.1) is 0 Å². The molecule has 0 radical (unpaired) electrons. The zero-order chi connectivity index (χ0) is 19.8. The molecule has 0 aromatic heterocycles. The fourth-order valence-electron chi connectivity index (χ4n) is 2.55. The van der Waals surface area contributed by atoms with Crippen LogP contribution >= 0.6 is 0 Å². The van der Waals surface area contributed by atoms with Gasteiger partial charge in [0.1, 0.15) is 11.6 Å². The maximum Gasteiger partial charge on any atom is 0.223 e. The number of hydrogen-bond acceptors (Lipinski definition) is 3. The van der Waals surface area contributed by atoms with E-state index in [4.69, 9.17) is 4.74 Å². The Hall–Kier alpha value is -2.89. The summed E-state index contributed by atoms with van der Waals surface area (Å²) < 4.78 is 18.5. The van der Waals surface area contributed by atoms with Crippen LogP contribution in [0, 0.1) is 5.82 Å². The van der Waals surface area contributed by atoms with Crippen molar-refractivity contribution < 1.29 is 18.7 Å². The highest BCUT2D eigenvalue weighted by Crippen LogP contribution is 2.20. The highest BCUT2D eigenvalue weighted by molar-refractivity contribution is 5.92. The van der Waals surface area contributed by atoms with E-state index in [2.05, 4.69) is 5.32 Å². The van der Waals surface area contributed by atoms with E-state index in [1.54, 1.807) is 41.3 Å². The van der Waals surface area contributed by atoms with Gasteiger partial charge in [0.15, 0.2) is 0 Å². The first-order chi connectivity index (χ1) is 12.8. The molecule has 2 aromatic carbocycles. The normalized spacial score (nSPS) is 10.6. The maximum absolute atomic E-state index is 12.9. The van der Waals surface area contributed by atoms with E-state index in [1.807, 2.05) is 13.8 Å². The minimum absolute atomic E-state index is 0.0737. The van der Waals surface area contributed by atoms with Crippen LogP contribution < -0.4 is 15.0 Å². The van der Waals surface area contributed by atoms with Crippen molar-refractivity contribution in [3.63, 3.8) is 0 Å². The zero-order valence-electron chi connectivity index (χ0n) is 15.9. The van der Waals surface area contributed by atoms with Crippen molar-refractivity contribution in [2.75, 3.05) is 11.4 Å². The van der Waals surface area contributed by atoms with Crippen LogP contribution in [0.2, 0.25) is 0 Å². The molecule has 0 aliphatic carbocycles. The Morgan fingerprint density at radius 2 is 1.70 bits per heavy atom. The molecule has 0 unspecified atom stereocenters. The van der Waals surface area contributed by atoms with E-state index >= 15 is 0 Å². The van der Waals surface area contributed by atoms with E-state index in [-0.39, 0.29) is 36.7 Å². The van der Waals surface area contributed by atoms with Crippen LogP contribution in [0.25, 0.3) is 0 Å². The van der Waals surface area contributed by atoms with Gasteiger partial charge < -0.3 is 15.0 Å². The van der Waals surface area contributed by atoms with Gasteiger partial charge in [0.25, 0.3) is 0 Å². The third-order valence-corrected chi connectivity index (χ3v) is 3.87. The minimum Gasteiger partial charge on any atom is -0.491 e. The number of nitrogens with zero attached hydrogens (tertiary/aromatic N) is 1. The molecule has 27 heavy (non-hydrogen) atoms. The number of benzene rings is 2. The summed E-state index contributed by atoms with van der Waals surface area (Å²) in [6.07, 6.45) is 0.245. The van der Waals surface area contributed by atoms with Gasteiger partial charge in [-0.05, 0) is 55.8 Å². The van der Waals surface area contributed by atoms with Gasteiger partial charge in [-0.3, -0.25) is 9.59 Å². The number of carbonyl (C=O) groups is 2. The van der Waals surface area contributed by atoms with Crippen molar-refractivity contribution in [2.45, 2.75) is 39.8 Å². The Bertz CT molecular complexity index is 758. The standard InChI is InChI=1S/C21H25FN2O3/c1-15(2)27-20-10-8-19(9-11-20)24(16(3)25)13-12-21(26)23-14-17-4-6-18(22)7-5-17/h4-11,15H,12-14H2,1-3H3,(H,23,26). The molecule has 2 aromatic rings. The first-order valence-corrected chi connectivity index (χ1v) is 8.91. The van der Waals surface area contributed by atoms with Gasteiger partial charge in [0, 0.05) is 32.1 Å². The van der Waals surface area contributed by atoms with E-state index < -0.39 is 0 Å². The molecule has 0 saturated heterocycles. The second kappa shape index (κ2) is 9.71. The van der Waals surface area contributed by atoms with Gasteiger partial charge in [-0.25, -0.2) is 4.39 Å². The minimum atomic E-state index is -0.313. The zero-order valence-corrected chi connectivity index (χ0v) is 15.9. The number of carbonyl (C=O) groups excluding carboxylic acids is 2. The lowest BCUT2D eigenvalue weighted by Gasteiger charge is -2.21. The molecule has 0 atom stereocenters. The quantitative estimate of drug-likeness (QED) is 0.769. The topological polar surface area (TPSA) is 58.6 Å². The summed E-state index contributed by atoms with van der Waals surface area (Å²) in [6, 6.07) is 13.2. The molecule has 0 fully saturated rings. The summed E-state index contributed by atoms with van der Waals surface area (Å²) in [7, 11) is 0. The first kappa shape index (κ1) is 20.4. The number of halogens is 1. The molecular weight excluding hydrogens is 347 g/mol. The Morgan fingerprint density at radius 1 is 1.07 bits per heavy atom. The van der Waals surface area contributed by atoms with Crippen LogP contribution in [-0.4, -0.2) is 24.5 Å². The van der Waals surface area contributed by atoms with E-state index in [9.17, 15) is 14.0 Å². The number of amides is 2. The van der Waals surface area contributed by atoms with E-state index in [0.717, 1.165) is 11.3 Å². The third-order valence-electron chi connectivity index (χ3n) is 3.87. The van der Waals surface area contributed by atoms with Crippen molar-refractivity contribution in [3.05, 3.63) is 59.9 Å². The molecule has 1 N–H and O–H groups in total. The molecular formula is C21H25FN2O3. The number of rotatable bonds is 8. The van der Waals surface area contributed by atoms with Gasteiger partial charge in [0.2, 0.25) is 11.8 Å². The monoisotopic (exact) mass is 372 g/mol. The van der Waals surface area contributed by atoms with Crippen LogP contribution in [0.4, 0.5) is 10.1 Å². The third kappa shape index (κ3) is 6.73. The van der Waals surface area contributed by atoms with Crippen molar-refractivity contribution in [1.29, 1.82) is 0 Å². The Kier molecular flexibility index (Phi) is 7.34. The summed E-state index contributed by atoms with van der Waals surface area (Å²) in [6.45, 7) is 5.95. The summed E-state index contributed by atoms with van der Waals surface area (Å²) >= 11 is 0. The number of anilines is 1. The van der Waals surface area contributed by atoms with Crippen LogP contribution in [0.3, 0.4) is 0 Å². The van der Waals surface area contributed by atoms with Gasteiger partial charge >= 0.3 is 0 Å². The fourth-order valence-corrected chi connectivity index (χ4v) is 2.55. The Balaban J connectivity index is 1.89. The SMILES string of the molecule is CC(=O)N(CCC(=O)NCc1ccc(F)cc1)c1ccc(OC(C)C)cc1. The first-order valence-electron chi connectivity index (χ1n) is 8.91. The molecule has 0 aliphatic heterocycles. The van der Waals surface area contributed by atoms with Crippen molar-refractivity contribution >= 4 is 17.5 Å². The van der Waals surface area contributed by atoms with Crippen molar-refractivity contribution in [2.24, 2.45) is 0 Å². The Morgan fingerprint density at radius 3 is 2.26 bits per heavy atom. The van der Waals surface area contributed by atoms with Crippen molar-refractivity contribution in [1.82, 2.24) is 5.32 Å². The summed E-state index contributed by atoms with van der Waals surface area (Å²) in [5, 5.41) is 2.78. The average molecular weight is 372 g/mol. The van der Waals surface area contributed by atoms with Gasteiger partial charge in [0.05, 0.1) is 6.10 Å². The van der Waals surface area contributed by atoms with Crippen LogP contribution in [0.1, 0.15) is 32.8 Å². The molecule has 2 rings (SSSR count). The van der Waals surface area contributed by atoms with Crippen LogP contribution in [0.15, 0.2) is 48.5 Å². The predicted octanol–water partition coefficient (Wildman–Crippen LogP) is 3.67. The lowest BCUT2D eigenvalue weighted by Crippen LogP contribution is -2.33. The summed E-state index contributed by atoms with van der Waals surface area (Å²) in [5.74, 6) is 0.102. The molecule has 144 valence electrons. The number of hydrogen-bond donors (Lipinski definition) is 1. The predicted molar refractivity (Wildman–Crippen MR) is 103 cm³/mol. The second-order valence-corrected chi connectivity index (χ2v) is 6.48. The molecule has 0 saturated carbocycles. The van der Waals surface area contributed by atoms with E-state index in [1.165, 1.54) is 19.1 Å². The summed E-state index contributed by atoms with van der Waals surface area (Å²) in [5.41, 5.74) is 1.53. The average Bonchev–Trinajstić information content (AvgIpc) is 2.62. The Labute approximate surface area is 159 Å². The largest absolute Gasteiger partial charge is 0.491 e. The maximum atomic E-state index is 12.9. The van der Waals surface area contributed by atoms with Crippen molar-refractivity contribution in [3.8, 4) is 5.75 Å². The lowest BCUT2D eigenvalue weighted by molar-refractivity contribution is -0.121. The molecule has 0 spiro atoms. The molecule has 2 amide bonds. The fraction of sp³-hybridized carbons (Fsp3) is 0.333. The van der Waals surface area contributed by atoms with Gasteiger partial charge in [-0.1, -0.05) is 12.1 Å². The second-order valence-electron chi connectivity index (χ2n) is 6.48.